The molecule has 3 rings (SSSR count). The fourth-order valence-corrected chi connectivity index (χ4v) is 3.46. The molecule has 132 valence electrons. The maximum absolute atomic E-state index is 13.9. The number of nitrogens with one attached hydrogen (secondary N) is 1. The molecular weight excluding hydrogens is 316 g/mol. The van der Waals surface area contributed by atoms with E-state index in [1.165, 1.54) is 18.2 Å². The van der Waals surface area contributed by atoms with Crippen LogP contribution in [0.15, 0.2) is 18.2 Å². The van der Waals surface area contributed by atoms with Crippen LogP contribution in [-0.4, -0.2) is 44.3 Å². The molecule has 1 aromatic rings. The molecule has 2 saturated heterocycles. The molecule has 3 N–H and O–H groups in total. The SMILES string of the molecule is NC(C(=O)NC1CCN(c2c(F)cccc2F)C1)C1CCOCC1. The summed E-state index contributed by atoms with van der Waals surface area (Å²) in [5.74, 6) is -1.23. The van der Waals surface area contributed by atoms with Crippen molar-refractivity contribution in [2.75, 3.05) is 31.2 Å². The third-order valence-corrected chi connectivity index (χ3v) is 4.86. The molecule has 0 radical (unpaired) electrons. The highest BCUT2D eigenvalue weighted by Crippen LogP contribution is 2.27. The van der Waals surface area contributed by atoms with Gasteiger partial charge in [-0.1, -0.05) is 6.07 Å². The van der Waals surface area contributed by atoms with Gasteiger partial charge in [-0.15, -0.1) is 0 Å². The molecule has 2 atom stereocenters. The zero-order valence-corrected chi connectivity index (χ0v) is 13.5. The average Bonchev–Trinajstić information content (AvgIpc) is 3.03. The van der Waals surface area contributed by atoms with Crippen molar-refractivity contribution in [2.45, 2.75) is 31.3 Å². The van der Waals surface area contributed by atoms with Crippen LogP contribution in [0.4, 0.5) is 14.5 Å². The second-order valence-electron chi connectivity index (χ2n) is 6.49. The van der Waals surface area contributed by atoms with Crippen molar-refractivity contribution in [3.8, 4) is 0 Å². The summed E-state index contributed by atoms with van der Waals surface area (Å²) in [7, 11) is 0. The van der Waals surface area contributed by atoms with Crippen LogP contribution in [0, 0.1) is 17.6 Å². The van der Waals surface area contributed by atoms with E-state index in [4.69, 9.17) is 10.5 Å². The van der Waals surface area contributed by atoms with Gasteiger partial charge in [0.2, 0.25) is 5.91 Å². The lowest BCUT2D eigenvalue weighted by Gasteiger charge is -2.28. The van der Waals surface area contributed by atoms with Crippen LogP contribution in [-0.2, 0) is 9.53 Å². The Bertz CT molecular complexity index is 573. The van der Waals surface area contributed by atoms with Crippen molar-refractivity contribution in [1.29, 1.82) is 0 Å². The number of nitrogens with zero attached hydrogens (tertiary/aromatic N) is 1. The summed E-state index contributed by atoms with van der Waals surface area (Å²) < 4.78 is 33.0. The minimum Gasteiger partial charge on any atom is -0.381 e. The molecule has 2 aliphatic rings. The summed E-state index contributed by atoms with van der Waals surface area (Å²) in [6.07, 6.45) is 2.21. The standard InChI is InChI=1S/C17H23F2N3O2/c18-13-2-1-3-14(19)16(13)22-7-4-12(10-22)21-17(23)15(20)11-5-8-24-9-6-11/h1-3,11-12,15H,4-10,20H2,(H,21,23). The fraction of sp³-hybridized carbons (Fsp3) is 0.588. The van der Waals surface area contributed by atoms with E-state index < -0.39 is 17.7 Å². The first-order valence-corrected chi connectivity index (χ1v) is 8.39. The molecule has 2 heterocycles. The number of carbonyl (C=O) groups excluding carboxylic acids is 1. The van der Waals surface area contributed by atoms with Crippen LogP contribution < -0.4 is 16.0 Å². The molecule has 0 bridgehead atoms. The molecule has 0 aromatic heterocycles. The molecule has 1 aromatic carbocycles. The average molecular weight is 339 g/mol. The smallest absolute Gasteiger partial charge is 0.237 e. The van der Waals surface area contributed by atoms with E-state index in [0.717, 1.165) is 12.8 Å². The summed E-state index contributed by atoms with van der Waals surface area (Å²) >= 11 is 0. The number of hydrogen-bond donors (Lipinski definition) is 2. The zero-order chi connectivity index (χ0) is 17.1. The molecule has 5 nitrogen and oxygen atoms in total. The Balaban J connectivity index is 1.57. The van der Waals surface area contributed by atoms with E-state index in [1.54, 1.807) is 4.90 Å². The lowest BCUT2D eigenvalue weighted by atomic mass is 9.91. The van der Waals surface area contributed by atoms with Gasteiger partial charge < -0.3 is 20.7 Å². The van der Waals surface area contributed by atoms with Crippen molar-refractivity contribution in [1.82, 2.24) is 5.32 Å². The number of hydrogen-bond acceptors (Lipinski definition) is 4. The molecule has 0 spiro atoms. The van der Waals surface area contributed by atoms with Crippen molar-refractivity contribution >= 4 is 11.6 Å². The summed E-state index contributed by atoms with van der Waals surface area (Å²) in [4.78, 5) is 14.0. The Hall–Kier alpha value is -1.73. The van der Waals surface area contributed by atoms with E-state index in [-0.39, 0.29) is 23.6 Å². The van der Waals surface area contributed by atoms with E-state index in [2.05, 4.69) is 5.32 Å². The molecule has 2 aliphatic heterocycles. The number of rotatable bonds is 4. The highest BCUT2D eigenvalue weighted by molar-refractivity contribution is 5.82. The van der Waals surface area contributed by atoms with Gasteiger partial charge in [-0.25, -0.2) is 8.78 Å². The van der Waals surface area contributed by atoms with Crippen LogP contribution >= 0.6 is 0 Å². The third kappa shape index (κ3) is 3.67. The summed E-state index contributed by atoms with van der Waals surface area (Å²) in [6.45, 7) is 2.14. The van der Waals surface area contributed by atoms with E-state index >= 15 is 0 Å². The number of halogens is 2. The monoisotopic (exact) mass is 339 g/mol. The largest absolute Gasteiger partial charge is 0.381 e. The molecule has 7 heteroatoms. The quantitative estimate of drug-likeness (QED) is 0.870. The van der Waals surface area contributed by atoms with Crippen LogP contribution in [0.1, 0.15) is 19.3 Å². The predicted molar refractivity (Wildman–Crippen MR) is 86.6 cm³/mol. The van der Waals surface area contributed by atoms with Crippen molar-refractivity contribution in [3.63, 3.8) is 0 Å². The Morgan fingerprint density at radius 2 is 1.92 bits per heavy atom. The summed E-state index contributed by atoms with van der Waals surface area (Å²) in [5, 5.41) is 2.92. The third-order valence-electron chi connectivity index (χ3n) is 4.86. The highest BCUT2D eigenvalue weighted by Gasteiger charge is 2.31. The molecule has 2 fully saturated rings. The number of amides is 1. The molecule has 0 saturated carbocycles. The first-order valence-electron chi connectivity index (χ1n) is 8.39. The lowest BCUT2D eigenvalue weighted by molar-refractivity contribution is -0.124. The normalized spacial score (nSPS) is 23.3. The topological polar surface area (TPSA) is 67.6 Å². The Morgan fingerprint density at radius 1 is 1.25 bits per heavy atom. The highest BCUT2D eigenvalue weighted by atomic mass is 19.1. The zero-order valence-electron chi connectivity index (χ0n) is 13.5. The Kier molecular flexibility index (Phi) is 5.30. The van der Waals surface area contributed by atoms with Gasteiger partial charge in [-0.3, -0.25) is 4.79 Å². The van der Waals surface area contributed by atoms with Gasteiger partial charge in [-0.2, -0.15) is 0 Å². The second kappa shape index (κ2) is 7.44. The van der Waals surface area contributed by atoms with Crippen molar-refractivity contribution in [2.24, 2.45) is 11.7 Å². The van der Waals surface area contributed by atoms with Crippen LogP contribution in [0.5, 0.6) is 0 Å². The van der Waals surface area contributed by atoms with Crippen molar-refractivity contribution < 1.29 is 18.3 Å². The van der Waals surface area contributed by atoms with Gasteiger partial charge in [0.25, 0.3) is 0 Å². The Labute approximate surface area is 140 Å². The van der Waals surface area contributed by atoms with Gasteiger partial charge in [0, 0.05) is 32.3 Å². The van der Waals surface area contributed by atoms with Gasteiger partial charge >= 0.3 is 0 Å². The number of anilines is 1. The van der Waals surface area contributed by atoms with Crippen molar-refractivity contribution in [3.05, 3.63) is 29.8 Å². The van der Waals surface area contributed by atoms with Gasteiger partial charge in [0.1, 0.15) is 17.3 Å². The molecule has 2 unspecified atom stereocenters. The van der Waals surface area contributed by atoms with Crippen LogP contribution in [0.2, 0.25) is 0 Å². The van der Waals surface area contributed by atoms with E-state index in [0.29, 0.717) is 32.7 Å². The minimum atomic E-state index is -0.583. The molecule has 24 heavy (non-hydrogen) atoms. The summed E-state index contributed by atoms with van der Waals surface area (Å²) in [5.41, 5.74) is 6.04. The molecular formula is C17H23F2N3O2. The van der Waals surface area contributed by atoms with Gasteiger partial charge in [-0.05, 0) is 37.3 Å². The number of carbonyl (C=O) groups is 1. The van der Waals surface area contributed by atoms with E-state index in [9.17, 15) is 13.6 Å². The minimum absolute atomic E-state index is 0.0250. The Morgan fingerprint density at radius 3 is 2.58 bits per heavy atom. The predicted octanol–water partition coefficient (Wildman–Crippen LogP) is 1.41. The molecule has 0 aliphatic carbocycles. The second-order valence-corrected chi connectivity index (χ2v) is 6.49. The summed E-state index contributed by atoms with van der Waals surface area (Å²) in [6, 6.07) is 3.11. The number of benzene rings is 1. The maximum Gasteiger partial charge on any atom is 0.237 e. The number of nitrogens with two attached hydrogens (primary N) is 1. The van der Waals surface area contributed by atoms with Crippen LogP contribution in [0.25, 0.3) is 0 Å². The maximum atomic E-state index is 13.9. The first kappa shape index (κ1) is 17.1. The van der Waals surface area contributed by atoms with Gasteiger partial charge in [0.05, 0.1) is 6.04 Å². The lowest BCUT2D eigenvalue weighted by Crippen LogP contribution is -2.50. The fourth-order valence-electron chi connectivity index (χ4n) is 3.46. The van der Waals surface area contributed by atoms with E-state index in [1.807, 2.05) is 0 Å². The number of ether oxygens (including phenoxy) is 1. The van der Waals surface area contributed by atoms with Gasteiger partial charge in [0.15, 0.2) is 0 Å². The molecule has 1 amide bonds. The first-order chi connectivity index (χ1) is 11.6. The van der Waals surface area contributed by atoms with Crippen LogP contribution in [0.3, 0.4) is 0 Å². The number of para-hydroxylation sites is 1.